The highest BCUT2D eigenvalue weighted by Crippen LogP contribution is 2.20. The van der Waals surface area contributed by atoms with Crippen LogP contribution in [0, 0.1) is 0 Å². The first kappa shape index (κ1) is 11.4. The van der Waals surface area contributed by atoms with Crippen molar-refractivity contribution in [3.05, 3.63) is 23.4 Å². The van der Waals surface area contributed by atoms with E-state index >= 15 is 0 Å². The quantitative estimate of drug-likeness (QED) is 0.700. The molecule has 1 aliphatic rings. The van der Waals surface area contributed by atoms with Gasteiger partial charge in [0.05, 0.1) is 0 Å². The summed E-state index contributed by atoms with van der Waals surface area (Å²) in [4.78, 5) is 0. The fourth-order valence-electron chi connectivity index (χ4n) is 1.85. The Bertz CT molecular complexity index is 213. The molecule has 1 heteroatoms. The molecule has 0 radical (unpaired) electrons. The maximum absolute atomic E-state index is 3.30. The largest absolute Gasteiger partial charge is 0.391 e. The van der Waals surface area contributed by atoms with Crippen molar-refractivity contribution in [3.8, 4) is 0 Å². The Labute approximate surface area is 88.3 Å². The summed E-state index contributed by atoms with van der Waals surface area (Å²) in [6.07, 6.45) is 13.8. The average Bonchev–Trinajstić information content (AvgIpc) is 2.25. The number of hydrogen-bond acceptors (Lipinski definition) is 1. The molecule has 0 unspecified atom stereocenters. The molecule has 0 amide bonds. The van der Waals surface area contributed by atoms with E-state index in [2.05, 4.69) is 24.4 Å². The fraction of sp³-hybridized carbons (Fsp3) is 0.692. The van der Waals surface area contributed by atoms with E-state index in [-0.39, 0.29) is 0 Å². The molecule has 0 atom stereocenters. The van der Waals surface area contributed by atoms with Gasteiger partial charge in [-0.15, -0.1) is 0 Å². The maximum atomic E-state index is 3.30. The van der Waals surface area contributed by atoms with Gasteiger partial charge in [0, 0.05) is 12.7 Å². The minimum Gasteiger partial charge on any atom is -0.391 e. The van der Waals surface area contributed by atoms with Crippen LogP contribution in [0.25, 0.3) is 0 Å². The number of allylic oxidation sites excluding steroid dienone is 4. The third kappa shape index (κ3) is 3.99. The number of rotatable bonds is 5. The second-order valence-corrected chi connectivity index (χ2v) is 4.05. The van der Waals surface area contributed by atoms with Crippen LogP contribution in [-0.4, -0.2) is 7.05 Å². The molecule has 1 N–H and O–H groups in total. The summed E-state index contributed by atoms with van der Waals surface area (Å²) in [7, 11) is 2.03. The Morgan fingerprint density at radius 2 is 2.36 bits per heavy atom. The highest BCUT2D eigenvalue weighted by atomic mass is 14.8. The lowest BCUT2D eigenvalue weighted by atomic mass is 9.98. The Kier molecular flexibility index (Phi) is 5.43. The van der Waals surface area contributed by atoms with E-state index in [4.69, 9.17) is 0 Å². The molecule has 0 spiro atoms. The standard InChI is InChI=1S/C13H23N/c1-3-4-10-13(14-2)11-12-8-6-5-7-9-12/h8,11,14H,3-7,9-10H2,1-2H3/b13-11-. The molecule has 0 heterocycles. The third-order valence-electron chi connectivity index (χ3n) is 2.81. The van der Waals surface area contributed by atoms with Crippen LogP contribution in [0.5, 0.6) is 0 Å². The van der Waals surface area contributed by atoms with Crippen LogP contribution in [0.15, 0.2) is 23.4 Å². The smallest absolute Gasteiger partial charge is 0.0107 e. The van der Waals surface area contributed by atoms with Crippen LogP contribution in [0.4, 0.5) is 0 Å². The predicted octanol–water partition coefficient (Wildman–Crippen LogP) is 3.78. The highest BCUT2D eigenvalue weighted by molar-refractivity contribution is 5.24. The van der Waals surface area contributed by atoms with Gasteiger partial charge in [-0.1, -0.05) is 25.0 Å². The molecule has 1 aliphatic carbocycles. The van der Waals surface area contributed by atoms with Crippen molar-refractivity contribution in [2.75, 3.05) is 7.05 Å². The van der Waals surface area contributed by atoms with Crippen molar-refractivity contribution in [1.29, 1.82) is 0 Å². The second-order valence-electron chi connectivity index (χ2n) is 4.05. The zero-order valence-electron chi connectivity index (χ0n) is 9.60. The minimum atomic E-state index is 1.20. The van der Waals surface area contributed by atoms with Crippen LogP contribution in [0.3, 0.4) is 0 Å². The van der Waals surface area contributed by atoms with Crippen molar-refractivity contribution >= 4 is 0 Å². The molecule has 14 heavy (non-hydrogen) atoms. The van der Waals surface area contributed by atoms with Crippen molar-refractivity contribution in [2.24, 2.45) is 0 Å². The molecular weight excluding hydrogens is 170 g/mol. The summed E-state index contributed by atoms with van der Waals surface area (Å²) in [6, 6.07) is 0. The van der Waals surface area contributed by atoms with Crippen LogP contribution >= 0.6 is 0 Å². The summed E-state index contributed by atoms with van der Waals surface area (Å²) in [5, 5.41) is 3.30. The van der Waals surface area contributed by atoms with E-state index in [0.717, 1.165) is 0 Å². The van der Waals surface area contributed by atoms with Crippen LogP contribution in [0.2, 0.25) is 0 Å². The normalized spacial score (nSPS) is 17.9. The summed E-state index contributed by atoms with van der Waals surface area (Å²) in [6.45, 7) is 2.24. The molecule has 0 fully saturated rings. The van der Waals surface area contributed by atoms with Crippen molar-refractivity contribution in [1.82, 2.24) is 5.32 Å². The Morgan fingerprint density at radius 1 is 1.50 bits per heavy atom. The summed E-state index contributed by atoms with van der Waals surface area (Å²) < 4.78 is 0. The molecular formula is C13H23N. The Morgan fingerprint density at radius 3 is 2.93 bits per heavy atom. The van der Waals surface area contributed by atoms with Crippen molar-refractivity contribution < 1.29 is 0 Å². The van der Waals surface area contributed by atoms with Gasteiger partial charge in [-0.05, 0) is 44.6 Å². The molecule has 0 aromatic carbocycles. The first-order chi connectivity index (χ1) is 6.86. The summed E-state index contributed by atoms with van der Waals surface area (Å²) in [5.74, 6) is 0. The SMILES string of the molecule is CCCC/C(=C/C1=CCCCC1)NC. The first-order valence-electron chi connectivity index (χ1n) is 5.94. The molecule has 0 bridgehead atoms. The molecule has 0 aromatic rings. The van der Waals surface area contributed by atoms with Crippen LogP contribution in [-0.2, 0) is 0 Å². The summed E-state index contributed by atoms with van der Waals surface area (Å²) >= 11 is 0. The molecule has 1 rings (SSSR count). The zero-order chi connectivity index (χ0) is 10.2. The van der Waals surface area contributed by atoms with Crippen LogP contribution < -0.4 is 5.32 Å². The van der Waals surface area contributed by atoms with Gasteiger partial charge < -0.3 is 5.32 Å². The van der Waals surface area contributed by atoms with Crippen LogP contribution in [0.1, 0.15) is 51.9 Å². The molecule has 0 aliphatic heterocycles. The summed E-state index contributed by atoms with van der Waals surface area (Å²) in [5.41, 5.74) is 2.94. The number of nitrogens with one attached hydrogen (secondary N) is 1. The van der Waals surface area contributed by atoms with Gasteiger partial charge >= 0.3 is 0 Å². The molecule has 80 valence electrons. The van der Waals surface area contributed by atoms with E-state index in [9.17, 15) is 0 Å². The topological polar surface area (TPSA) is 12.0 Å². The van der Waals surface area contributed by atoms with E-state index in [1.807, 2.05) is 7.05 Å². The van der Waals surface area contributed by atoms with E-state index in [1.165, 1.54) is 56.2 Å². The van der Waals surface area contributed by atoms with Gasteiger partial charge in [-0.25, -0.2) is 0 Å². The van der Waals surface area contributed by atoms with Gasteiger partial charge in [0.1, 0.15) is 0 Å². The van der Waals surface area contributed by atoms with Gasteiger partial charge in [0.25, 0.3) is 0 Å². The van der Waals surface area contributed by atoms with E-state index < -0.39 is 0 Å². The second kappa shape index (κ2) is 6.69. The van der Waals surface area contributed by atoms with Crippen molar-refractivity contribution in [2.45, 2.75) is 51.9 Å². The maximum Gasteiger partial charge on any atom is 0.0107 e. The monoisotopic (exact) mass is 193 g/mol. The van der Waals surface area contributed by atoms with Crippen molar-refractivity contribution in [3.63, 3.8) is 0 Å². The molecule has 0 aromatic heterocycles. The Hall–Kier alpha value is -0.720. The number of unbranched alkanes of at least 4 members (excludes halogenated alkanes) is 1. The van der Waals surface area contributed by atoms with Gasteiger partial charge in [-0.3, -0.25) is 0 Å². The van der Waals surface area contributed by atoms with Gasteiger partial charge in [-0.2, -0.15) is 0 Å². The first-order valence-corrected chi connectivity index (χ1v) is 5.94. The fourth-order valence-corrected chi connectivity index (χ4v) is 1.85. The van der Waals surface area contributed by atoms with E-state index in [0.29, 0.717) is 0 Å². The lowest BCUT2D eigenvalue weighted by molar-refractivity contribution is 0.703. The zero-order valence-corrected chi connectivity index (χ0v) is 9.60. The minimum absolute atomic E-state index is 1.20. The Balaban J connectivity index is 2.48. The van der Waals surface area contributed by atoms with Gasteiger partial charge in [0.2, 0.25) is 0 Å². The van der Waals surface area contributed by atoms with Gasteiger partial charge in [0.15, 0.2) is 0 Å². The molecule has 0 saturated carbocycles. The number of hydrogen-bond donors (Lipinski definition) is 1. The lowest BCUT2D eigenvalue weighted by Crippen LogP contribution is -2.06. The highest BCUT2D eigenvalue weighted by Gasteiger charge is 2.02. The third-order valence-corrected chi connectivity index (χ3v) is 2.81. The molecule has 1 nitrogen and oxygen atoms in total. The average molecular weight is 193 g/mol. The lowest BCUT2D eigenvalue weighted by Gasteiger charge is -2.12. The van der Waals surface area contributed by atoms with E-state index in [1.54, 1.807) is 0 Å². The molecule has 0 saturated heterocycles. The predicted molar refractivity (Wildman–Crippen MR) is 63.2 cm³/mol.